The summed E-state index contributed by atoms with van der Waals surface area (Å²) >= 11 is 1.33. The van der Waals surface area contributed by atoms with Gasteiger partial charge in [0.05, 0.1) is 10.6 Å². The Labute approximate surface area is 174 Å². The average Bonchev–Trinajstić information content (AvgIpc) is 3.01. The lowest BCUT2D eigenvalue weighted by Crippen LogP contribution is -2.38. The zero-order valence-electron chi connectivity index (χ0n) is 16.4. The molecule has 3 rings (SSSR count). The van der Waals surface area contributed by atoms with Gasteiger partial charge >= 0.3 is 0 Å². The highest BCUT2D eigenvalue weighted by molar-refractivity contribution is 7.99. The van der Waals surface area contributed by atoms with Crippen LogP contribution in [0.4, 0.5) is 4.39 Å². The molecule has 0 saturated carbocycles. The summed E-state index contributed by atoms with van der Waals surface area (Å²) in [5.74, 6) is -0.326. The van der Waals surface area contributed by atoms with E-state index in [1.54, 1.807) is 11.2 Å². The topological polar surface area (TPSA) is 88.4 Å². The van der Waals surface area contributed by atoms with Crippen LogP contribution in [0.25, 0.3) is 0 Å². The number of hydrogen-bond donors (Lipinski definition) is 0. The highest BCUT2D eigenvalue weighted by Gasteiger charge is 2.28. The maximum Gasteiger partial charge on any atom is 0.243 e. The average molecular weight is 442 g/mol. The van der Waals surface area contributed by atoms with Gasteiger partial charge in [0.25, 0.3) is 0 Å². The molecule has 8 nitrogen and oxygen atoms in total. The van der Waals surface area contributed by atoms with E-state index in [0.29, 0.717) is 31.2 Å². The van der Waals surface area contributed by atoms with Crippen LogP contribution in [0.5, 0.6) is 0 Å². The summed E-state index contributed by atoms with van der Waals surface area (Å²) in [7, 11) is -3.71. The number of nitrogens with zero attached hydrogens (tertiary/aromatic N) is 5. The largest absolute Gasteiger partial charge is 0.341 e. The fraction of sp³-hybridized carbons (Fsp3) is 0.500. The van der Waals surface area contributed by atoms with Crippen molar-refractivity contribution in [1.29, 1.82) is 0 Å². The van der Waals surface area contributed by atoms with Crippen molar-refractivity contribution in [2.24, 2.45) is 0 Å². The van der Waals surface area contributed by atoms with Crippen molar-refractivity contribution < 1.29 is 17.6 Å². The summed E-state index contributed by atoms with van der Waals surface area (Å²) in [5, 5.41) is 8.62. The second kappa shape index (κ2) is 9.23. The van der Waals surface area contributed by atoms with E-state index in [1.165, 1.54) is 28.2 Å². The smallest absolute Gasteiger partial charge is 0.243 e. The van der Waals surface area contributed by atoms with Crippen molar-refractivity contribution >= 4 is 27.7 Å². The molecule has 0 spiro atoms. The van der Waals surface area contributed by atoms with E-state index in [9.17, 15) is 17.6 Å². The lowest BCUT2D eigenvalue weighted by atomic mass is 10.4. The second-order valence-corrected chi connectivity index (χ2v) is 9.88. The first-order chi connectivity index (χ1) is 13.8. The SMILES string of the molecule is CC(C)n1cnnc1SCC(=O)N1CCCN(S(=O)(=O)c2ccc(F)cc2)CC1. The molecule has 29 heavy (non-hydrogen) atoms. The minimum atomic E-state index is -3.71. The quantitative estimate of drug-likeness (QED) is 0.638. The summed E-state index contributed by atoms with van der Waals surface area (Å²) in [4.78, 5) is 14.4. The molecule has 0 aliphatic carbocycles. The summed E-state index contributed by atoms with van der Waals surface area (Å²) in [6.07, 6.45) is 2.18. The normalized spacial score (nSPS) is 16.2. The molecule has 0 N–H and O–H groups in total. The van der Waals surface area contributed by atoms with Gasteiger partial charge < -0.3 is 9.47 Å². The van der Waals surface area contributed by atoms with Crippen LogP contribution in [0.3, 0.4) is 0 Å². The van der Waals surface area contributed by atoms with Crippen molar-refractivity contribution in [1.82, 2.24) is 24.0 Å². The fourth-order valence-corrected chi connectivity index (χ4v) is 5.46. The zero-order valence-corrected chi connectivity index (χ0v) is 18.0. The molecule has 11 heteroatoms. The maximum absolute atomic E-state index is 13.1. The van der Waals surface area contributed by atoms with Crippen molar-refractivity contribution in [3.63, 3.8) is 0 Å². The monoisotopic (exact) mass is 441 g/mol. The number of carbonyl (C=O) groups is 1. The zero-order chi connectivity index (χ0) is 21.0. The Morgan fingerprint density at radius 2 is 1.90 bits per heavy atom. The summed E-state index contributed by atoms with van der Waals surface area (Å²) in [6, 6.07) is 4.99. The molecule has 0 unspecified atom stereocenters. The molecule has 1 saturated heterocycles. The summed E-state index contributed by atoms with van der Waals surface area (Å²) in [5.41, 5.74) is 0. The van der Waals surface area contributed by atoms with Gasteiger partial charge in [-0.3, -0.25) is 4.79 Å². The van der Waals surface area contributed by atoms with Gasteiger partial charge in [-0.25, -0.2) is 12.8 Å². The standard InChI is InChI=1S/C18H24FN5O3S2/c1-14(2)24-13-20-21-18(24)28-12-17(25)22-8-3-9-23(11-10-22)29(26,27)16-6-4-15(19)5-7-16/h4-7,13-14H,3,8-12H2,1-2H3. The van der Waals surface area contributed by atoms with Crippen LogP contribution in [0, 0.1) is 5.82 Å². The van der Waals surface area contributed by atoms with Gasteiger partial charge in [0.15, 0.2) is 5.16 Å². The highest BCUT2D eigenvalue weighted by atomic mass is 32.2. The van der Waals surface area contributed by atoms with Crippen LogP contribution in [-0.4, -0.2) is 70.2 Å². The second-order valence-electron chi connectivity index (χ2n) is 7.00. The van der Waals surface area contributed by atoms with Crippen LogP contribution in [0.1, 0.15) is 26.3 Å². The van der Waals surface area contributed by atoms with Gasteiger partial charge in [-0.1, -0.05) is 11.8 Å². The van der Waals surface area contributed by atoms with Gasteiger partial charge in [-0.15, -0.1) is 10.2 Å². The van der Waals surface area contributed by atoms with Crippen LogP contribution >= 0.6 is 11.8 Å². The Bertz CT molecular complexity index is 947. The molecule has 1 aromatic carbocycles. The molecule has 2 heterocycles. The number of halogens is 1. The van der Waals surface area contributed by atoms with Crippen molar-refractivity contribution in [3.05, 3.63) is 36.4 Å². The molecule has 1 fully saturated rings. The molecular weight excluding hydrogens is 417 g/mol. The molecule has 1 amide bonds. The van der Waals surface area contributed by atoms with Crippen molar-refractivity contribution in [2.75, 3.05) is 31.9 Å². The maximum atomic E-state index is 13.1. The van der Waals surface area contributed by atoms with Crippen molar-refractivity contribution in [2.45, 2.75) is 36.4 Å². The number of hydrogen-bond acceptors (Lipinski definition) is 6. The van der Waals surface area contributed by atoms with E-state index in [1.807, 2.05) is 18.4 Å². The van der Waals surface area contributed by atoms with Crippen LogP contribution < -0.4 is 0 Å². The Kier molecular flexibility index (Phi) is 6.91. The van der Waals surface area contributed by atoms with E-state index in [2.05, 4.69) is 10.2 Å². The van der Waals surface area contributed by atoms with Gasteiger partial charge in [0, 0.05) is 32.2 Å². The minimum absolute atomic E-state index is 0.0576. The molecule has 1 aromatic heterocycles. The third-order valence-corrected chi connectivity index (χ3v) is 7.54. The number of rotatable bonds is 6. The number of sulfonamides is 1. The lowest BCUT2D eigenvalue weighted by Gasteiger charge is -2.22. The number of amides is 1. The van der Waals surface area contributed by atoms with E-state index in [-0.39, 0.29) is 29.1 Å². The molecule has 0 radical (unpaired) electrons. The third-order valence-electron chi connectivity index (χ3n) is 4.68. The van der Waals surface area contributed by atoms with E-state index in [4.69, 9.17) is 0 Å². The first kappa shape index (κ1) is 21.7. The predicted octanol–water partition coefficient (Wildman–Crippen LogP) is 2.01. The van der Waals surface area contributed by atoms with E-state index < -0.39 is 15.8 Å². The third kappa shape index (κ3) is 5.14. The molecule has 2 aromatic rings. The molecular formula is C18H24FN5O3S2. The lowest BCUT2D eigenvalue weighted by molar-refractivity contribution is -0.128. The number of carbonyl (C=O) groups excluding carboxylic acids is 1. The minimum Gasteiger partial charge on any atom is -0.341 e. The Balaban J connectivity index is 1.59. The number of benzene rings is 1. The van der Waals surface area contributed by atoms with Crippen molar-refractivity contribution in [3.8, 4) is 0 Å². The van der Waals surface area contributed by atoms with E-state index in [0.717, 1.165) is 12.1 Å². The first-order valence-corrected chi connectivity index (χ1v) is 11.8. The molecule has 1 aliphatic heterocycles. The predicted molar refractivity (Wildman–Crippen MR) is 107 cm³/mol. The number of aromatic nitrogens is 3. The molecule has 0 bridgehead atoms. The Morgan fingerprint density at radius 3 is 2.59 bits per heavy atom. The van der Waals surface area contributed by atoms with Gasteiger partial charge in [0.2, 0.25) is 15.9 Å². The summed E-state index contributed by atoms with van der Waals surface area (Å²) in [6.45, 7) is 5.36. The van der Waals surface area contributed by atoms with Gasteiger partial charge in [-0.2, -0.15) is 4.31 Å². The van der Waals surface area contributed by atoms with Crippen LogP contribution in [-0.2, 0) is 14.8 Å². The highest BCUT2D eigenvalue weighted by Crippen LogP contribution is 2.21. The number of thioether (sulfide) groups is 1. The first-order valence-electron chi connectivity index (χ1n) is 9.35. The van der Waals surface area contributed by atoms with Gasteiger partial charge in [-0.05, 0) is 44.5 Å². The fourth-order valence-electron chi connectivity index (χ4n) is 3.05. The molecule has 0 atom stereocenters. The molecule has 1 aliphatic rings. The van der Waals surface area contributed by atoms with Crippen LogP contribution in [0.15, 0.2) is 40.6 Å². The van der Waals surface area contributed by atoms with Gasteiger partial charge in [0.1, 0.15) is 12.1 Å². The van der Waals surface area contributed by atoms with Crippen LogP contribution in [0.2, 0.25) is 0 Å². The Morgan fingerprint density at radius 1 is 1.17 bits per heavy atom. The van der Waals surface area contributed by atoms with E-state index >= 15 is 0 Å². The summed E-state index contributed by atoms with van der Waals surface area (Å²) < 4.78 is 41.9. The molecule has 158 valence electrons. The Hall–Kier alpha value is -1.98.